The summed E-state index contributed by atoms with van der Waals surface area (Å²) in [4.78, 5) is 14.2. The lowest BCUT2D eigenvalue weighted by atomic mass is 9.92. The first kappa shape index (κ1) is 18.7. The molecular weight excluding hydrogens is 292 g/mol. The van der Waals surface area contributed by atoms with E-state index >= 15 is 0 Å². The number of hydrogen-bond donors (Lipinski definition) is 1. The van der Waals surface area contributed by atoms with Crippen molar-refractivity contribution in [3.63, 3.8) is 0 Å². The molecule has 2 N–H and O–H groups in total. The van der Waals surface area contributed by atoms with E-state index in [2.05, 4.69) is 6.92 Å². The second-order valence-corrected chi connectivity index (χ2v) is 6.07. The number of nitrogens with two attached hydrogens (primary N) is 1. The van der Waals surface area contributed by atoms with Crippen LogP contribution in [0.15, 0.2) is 0 Å². The Morgan fingerprint density at radius 3 is 2.90 bits per heavy atom. The molecule has 21 heavy (non-hydrogen) atoms. The number of likely N-dealkylation sites (tertiary alicyclic amines) is 1. The van der Waals surface area contributed by atoms with Gasteiger partial charge in [-0.05, 0) is 31.6 Å². The Morgan fingerprint density at radius 2 is 2.24 bits per heavy atom. The van der Waals surface area contributed by atoms with Crippen molar-refractivity contribution in [3.8, 4) is 0 Å². The quantitative estimate of drug-likeness (QED) is 0.755. The highest BCUT2D eigenvalue weighted by atomic mass is 35.5. The van der Waals surface area contributed by atoms with Gasteiger partial charge in [0.05, 0.1) is 25.7 Å². The fourth-order valence-electron chi connectivity index (χ4n) is 3.10. The Bertz CT molecular complexity index is 311. The first-order valence-corrected chi connectivity index (χ1v) is 7.89. The SMILES string of the molecule is CC1CCN(C(=O)CCOCC2CCCO2)C(CN)C1.Cl. The molecule has 0 radical (unpaired) electrons. The number of hydrogen-bond acceptors (Lipinski definition) is 4. The number of ether oxygens (including phenoxy) is 2. The zero-order chi connectivity index (χ0) is 14.4. The maximum absolute atomic E-state index is 12.2. The molecule has 0 bridgehead atoms. The van der Waals surface area contributed by atoms with Crippen LogP contribution in [0.3, 0.4) is 0 Å². The predicted octanol–water partition coefficient (Wildman–Crippen LogP) is 1.58. The van der Waals surface area contributed by atoms with Crippen molar-refractivity contribution in [2.75, 3.05) is 32.9 Å². The molecule has 6 heteroatoms. The third-order valence-corrected chi connectivity index (χ3v) is 4.36. The van der Waals surface area contributed by atoms with E-state index in [0.717, 1.165) is 38.8 Å². The lowest BCUT2D eigenvalue weighted by Crippen LogP contribution is -2.49. The van der Waals surface area contributed by atoms with Gasteiger partial charge in [-0.15, -0.1) is 12.4 Å². The van der Waals surface area contributed by atoms with Gasteiger partial charge in [0.25, 0.3) is 0 Å². The van der Waals surface area contributed by atoms with E-state index in [1.807, 2.05) is 4.90 Å². The fourth-order valence-corrected chi connectivity index (χ4v) is 3.10. The van der Waals surface area contributed by atoms with Crippen molar-refractivity contribution >= 4 is 18.3 Å². The number of nitrogens with zero attached hydrogens (tertiary/aromatic N) is 1. The highest BCUT2D eigenvalue weighted by molar-refractivity contribution is 5.85. The van der Waals surface area contributed by atoms with E-state index in [4.69, 9.17) is 15.2 Å². The van der Waals surface area contributed by atoms with Gasteiger partial charge in [0, 0.05) is 25.7 Å². The largest absolute Gasteiger partial charge is 0.378 e. The smallest absolute Gasteiger partial charge is 0.225 e. The lowest BCUT2D eigenvalue weighted by Gasteiger charge is -2.38. The normalized spacial score (nSPS) is 29.2. The Hall–Kier alpha value is -0.360. The predicted molar refractivity (Wildman–Crippen MR) is 84.6 cm³/mol. The summed E-state index contributed by atoms with van der Waals surface area (Å²) < 4.78 is 11.1. The average molecular weight is 321 g/mol. The standard InChI is InChI=1S/C15H28N2O3.ClH/c1-12-4-6-17(13(9-12)10-16)15(18)5-8-19-11-14-3-2-7-20-14;/h12-14H,2-11,16H2,1H3;1H. The second-order valence-electron chi connectivity index (χ2n) is 6.07. The first-order chi connectivity index (χ1) is 9.70. The minimum Gasteiger partial charge on any atom is -0.378 e. The summed E-state index contributed by atoms with van der Waals surface area (Å²) in [7, 11) is 0. The highest BCUT2D eigenvalue weighted by Crippen LogP contribution is 2.22. The maximum atomic E-state index is 12.2. The van der Waals surface area contributed by atoms with E-state index in [-0.39, 0.29) is 30.5 Å². The molecule has 0 saturated carbocycles. The van der Waals surface area contributed by atoms with Crippen molar-refractivity contribution in [1.29, 1.82) is 0 Å². The molecule has 3 unspecified atom stereocenters. The Balaban J connectivity index is 0.00000220. The van der Waals surface area contributed by atoms with Crippen LogP contribution in [-0.4, -0.2) is 55.9 Å². The Morgan fingerprint density at radius 1 is 1.43 bits per heavy atom. The minimum absolute atomic E-state index is 0. The van der Waals surface area contributed by atoms with Crippen molar-refractivity contribution in [3.05, 3.63) is 0 Å². The zero-order valence-corrected chi connectivity index (χ0v) is 13.8. The molecule has 3 atom stereocenters. The van der Waals surface area contributed by atoms with Crippen LogP contribution in [-0.2, 0) is 14.3 Å². The number of halogens is 1. The van der Waals surface area contributed by atoms with Crippen LogP contribution in [0.4, 0.5) is 0 Å². The summed E-state index contributed by atoms with van der Waals surface area (Å²) >= 11 is 0. The number of carbonyl (C=O) groups excluding carboxylic acids is 1. The molecular formula is C15H29ClN2O3. The molecule has 0 spiro atoms. The maximum Gasteiger partial charge on any atom is 0.225 e. The van der Waals surface area contributed by atoms with Gasteiger partial charge in [-0.1, -0.05) is 6.92 Å². The van der Waals surface area contributed by atoms with E-state index in [0.29, 0.717) is 32.1 Å². The monoisotopic (exact) mass is 320 g/mol. The topological polar surface area (TPSA) is 64.8 Å². The van der Waals surface area contributed by atoms with Crippen molar-refractivity contribution in [2.24, 2.45) is 11.7 Å². The fraction of sp³-hybridized carbons (Fsp3) is 0.933. The van der Waals surface area contributed by atoms with Gasteiger partial charge in [-0.2, -0.15) is 0 Å². The summed E-state index contributed by atoms with van der Waals surface area (Å²) in [6.45, 7) is 5.58. The van der Waals surface area contributed by atoms with Gasteiger partial charge in [0.15, 0.2) is 0 Å². The van der Waals surface area contributed by atoms with E-state index in [1.54, 1.807) is 0 Å². The molecule has 0 aliphatic carbocycles. The molecule has 2 aliphatic rings. The summed E-state index contributed by atoms with van der Waals surface area (Å²) in [5.74, 6) is 0.850. The lowest BCUT2D eigenvalue weighted by molar-refractivity contribution is -0.136. The summed E-state index contributed by atoms with van der Waals surface area (Å²) in [5.41, 5.74) is 5.79. The minimum atomic E-state index is 0. The van der Waals surface area contributed by atoms with Gasteiger partial charge in [-0.3, -0.25) is 4.79 Å². The molecule has 2 saturated heterocycles. The van der Waals surface area contributed by atoms with Crippen molar-refractivity contribution < 1.29 is 14.3 Å². The molecule has 0 aromatic carbocycles. The van der Waals surface area contributed by atoms with Crippen molar-refractivity contribution in [2.45, 2.75) is 51.2 Å². The third-order valence-electron chi connectivity index (χ3n) is 4.36. The van der Waals surface area contributed by atoms with Crippen molar-refractivity contribution in [1.82, 2.24) is 4.90 Å². The Kier molecular flexibility index (Phi) is 8.56. The number of carbonyl (C=O) groups is 1. The van der Waals surface area contributed by atoms with Gasteiger partial charge in [-0.25, -0.2) is 0 Å². The summed E-state index contributed by atoms with van der Waals surface area (Å²) in [6.07, 6.45) is 5.00. The summed E-state index contributed by atoms with van der Waals surface area (Å²) in [6, 6.07) is 0.212. The molecule has 124 valence electrons. The molecule has 2 heterocycles. The van der Waals surface area contributed by atoms with Crippen LogP contribution in [0.25, 0.3) is 0 Å². The van der Waals surface area contributed by atoms with E-state index < -0.39 is 0 Å². The number of rotatable bonds is 6. The number of piperidine rings is 1. The first-order valence-electron chi connectivity index (χ1n) is 7.89. The van der Waals surface area contributed by atoms with Crippen LogP contribution in [0, 0.1) is 5.92 Å². The Labute approximate surface area is 133 Å². The van der Waals surface area contributed by atoms with Crippen LogP contribution < -0.4 is 5.73 Å². The summed E-state index contributed by atoms with van der Waals surface area (Å²) in [5, 5.41) is 0. The molecule has 1 amide bonds. The van der Waals surface area contributed by atoms with Gasteiger partial charge in [0.1, 0.15) is 0 Å². The van der Waals surface area contributed by atoms with Crippen LogP contribution in [0.5, 0.6) is 0 Å². The molecule has 2 rings (SSSR count). The average Bonchev–Trinajstić information content (AvgIpc) is 2.96. The second kappa shape index (κ2) is 9.62. The van der Waals surface area contributed by atoms with E-state index in [9.17, 15) is 4.79 Å². The van der Waals surface area contributed by atoms with Gasteiger partial charge in [0.2, 0.25) is 5.91 Å². The van der Waals surface area contributed by atoms with Crippen LogP contribution in [0.2, 0.25) is 0 Å². The third kappa shape index (κ3) is 5.74. The van der Waals surface area contributed by atoms with Crippen LogP contribution in [0.1, 0.15) is 39.0 Å². The zero-order valence-electron chi connectivity index (χ0n) is 13.0. The molecule has 5 nitrogen and oxygen atoms in total. The van der Waals surface area contributed by atoms with Gasteiger partial charge < -0.3 is 20.1 Å². The van der Waals surface area contributed by atoms with Crippen LogP contribution >= 0.6 is 12.4 Å². The van der Waals surface area contributed by atoms with E-state index in [1.165, 1.54) is 0 Å². The molecule has 0 aromatic heterocycles. The molecule has 2 aliphatic heterocycles. The molecule has 2 fully saturated rings. The van der Waals surface area contributed by atoms with Gasteiger partial charge >= 0.3 is 0 Å². The molecule has 0 aromatic rings. The highest BCUT2D eigenvalue weighted by Gasteiger charge is 2.28. The number of amides is 1.